The molecule has 3 rings (SSSR count). The Hall–Kier alpha value is -3.07. The van der Waals surface area contributed by atoms with E-state index in [0.717, 1.165) is 24.6 Å². The second-order valence-corrected chi connectivity index (χ2v) is 7.58. The number of benzene rings is 1. The van der Waals surface area contributed by atoms with Crippen LogP contribution in [0.5, 0.6) is 5.88 Å². The van der Waals surface area contributed by atoms with Gasteiger partial charge in [0.25, 0.3) is 5.92 Å². The summed E-state index contributed by atoms with van der Waals surface area (Å²) < 4.78 is 32.1. The summed E-state index contributed by atoms with van der Waals surface area (Å²) in [4.78, 5) is 14.0. The van der Waals surface area contributed by atoms with Crippen molar-refractivity contribution in [1.82, 2.24) is 10.4 Å². The molecule has 1 aliphatic carbocycles. The maximum absolute atomic E-state index is 13.2. The van der Waals surface area contributed by atoms with E-state index in [4.69, 9.17) is 15.4 Å². The first kappa shape index (κ1) is 22.6. The van der Waals surface area contributed by atoms with E-state index < -0.39 is 5.92 Å². The summed E-state index contributed by atoms with van der Waals surface area (Å²) in [6.45, 7) is 3.82. The fourth-order valence-corrected chi connectivity index (χ4v) is 2.64. The number of ether oxygens (including phenoxy) is 1. The number of nitrogens with one attached hydrogen (secondary N) is 1. The fourth-order valence-electron chi connectivity index (χ4n) is 2.64. The molecule has 31 heavy (non-hydrogen) atoms. The molecule has 1 fully saturated rings. The van der Waals surface area contributed by atoms with E-state index >= 15 is 0 Å². The molecule has 0 spiro atoms. The van der Waals surface area contributed by atoms with Gasteiger partial charge in [-0.25, -0.2) is 19.6 Å². The first-order valence-electron chi connectivity index (χ1n) is 10.1. The smallest absolute Gasteiger partial charge is 0.270 e. The normalized spacial score (nSPS) is 15.0. The highest BCUT2D eigenvalue weighted by Gasteiger charge is 2.23. The first-order valence-corrected chi connectivity index (χ1v) is 10.1. The Morgan fingerprint density at radius 1 is 1.23 bits per heavy atom. The lowest BCUT2D eigenvalue weighted by Crippen LogP contribution is -2.35. The van der Waals surface area contributed by atoms with Crippen LogP contribution in [0.4, 0.5) is 8.78 Å². The number of nitrogens with zero attached hydrogens (tertiary/aromatic N) is 3. The molecule has 2 aromatic rings. The predicted molar refractivity (Wildman–Crippen MR) is 115 cm³/mol. The Bertz CT molecular complexity index is 905. The summed E-state index contributed by atoms with van der Waals surface area (Å²) in [5.41, 5.74) is 4.67. The molecule has 0 saturated heterocycles. The van der Waals surface area contributed by atoms with Crippen LogP contribution in [0, 0.1) is 5.92 Å². The summed E-state index contributed by atoms with van der Waals surface area (Å²) in [7, 11) is 0. The number of nitrogens with two attached hydrogens (primary N) is 1. The molecule has 1 aromatic carbocycles. The zero-order valence-electron chi connectivity index (χ0n) is 17.6. The maximum Gasteiger partial charge on any atom is 0.270 e. The van der Waals surface area contributed by atoms with Crippen molar-refractivity contribution in [3.05, 3.63) is 59.3 Å². The Labute approximate surface area is 180 Å². The van der Waals surface area contributed by atoms with Crippen molar-refractivity contribution in [3.63, 3.8) is 0 Å². The van der Waals surface area contributed by atoms with Gasteiger partial charge in [0.15, 0.2) is 0 Å². The van der Waals surface area contributed by atoms with Crippen LogP contribution in [0.2, 0.25) is 0 Å². The molecule has 0 bridgehead atoms. The minimum absolute atomic E-state index is 0.0344. The Kier molecular flexibility index (Phi) is 7.51. The van der Waals surface area contributed by atoms with Gasteiger partial charge in [0, 0.05) is 36.9 Å². The van der Waals surface area contributed by atoms with Gasteiger partial charge in [0.1, 0.15) is 19.0 Å². The predicted octanol–water partition coefficient (Wildman–Crippen LogP) is 3.78. The third-order valence-corrected chi connectivity index (χ3v) is 4.81. The van der Waals surface area contributed by atoms with Crippen LogP contribution in [-0.2, 0) is 17.4 Å². The van der Waals surface area contributed by atoms with Crippen LogP contribution in [0.25, 0.3) is 0 Å². The molecule has 1 saturated carbocycles. The van der Waals surface area contributed by atoms with E-state index in [1.54, 1.807) is 31.3 Å². The molecule has 166 valence electrons. The Morgan fingerprint density at radius 2 is 1.97 bits per heavy atom. The molecule has 0 aliphatic heterocycles. The van der Waals surface area contributed by atoms with Crippen molar-refractivity contribution < 1.29 is 18.4 Å². The number of amidine groups is 1. The summed E-state index contributed by atoms with van der Waals surface area (Å²) in [5, 5.41) is 4.07. The highest BCUT2D eigenvalue weighted by atomic mass is 19.3. The lowest BCUT2D eigenvalue weighted by atomic mass is 10.1. The molecule has 1 aromatic heterocycles. The molecule has 9 heteroatoms. The van der Waals surface area contributed by atoms with Crippen molar-refractivity contribution in [2.45, 2.75) is 39.2 Å². The van der Waals surface area contributed by atoms with Gasteiger partial charge < -0.3 is 15.0 Å². The van der Waals surface area contributed by atoms with Crippen LogP contribution < -0.4 is 16.0 Å². The quantitative estimate of drug-likeness (QED) is 0.258. The monoisotopic (exact) mass is 431 g/mol. The van der Waals surface area contributed by atoms with Crippen molar-refractivity contribution in [1.29, 1.82) is 0 Å². The number of aromatic nitrogens is 1. The van der Waals surface area contributed by atoms with E-state index in [0.29, 0.717) is 23.3 Å². The number of rotatable bonds is 10. The van der Waals surface area contributed by atoms with Crippen molar-refractivity contribution in [2.24, 2.45) is 21.9 Å². The average Bonchev–Trinajstić information content (AvgIpc) is 3.58. The van der Waals surface area contributed by atoms with E-state index in [1.807, 2.05) is 6.07 Å². The van der Waals surface area contributed by atoms with Crippen LogP contribution >= 0.6 is 0 Å². The van der Waals surface area contributed by atoms with Crippen LogP contribution in [0.15, 0.2) is 52.7 Å². The minimum atomic E-state index is -2.86. The number of hydrazine groups is 1. The molecule has 0 atom stereocenters. The largest absolute Gasteiger partial charge is 0.469 e. The average molecular weight is 431 g/mol. The zero-order chi connectivity index (χ0) is 22.3. The van der Waals surface area contributed by atoms with Gasteiger partial charge in [-0.05, 0) is 37.3 Å². The van der Waals surface area contributed by atoms with Crippen molar-refractivity contribution >= 4 is 11.5 Å². The number of hydrogen-bond donors (Lipinski definition) is 2. The number of pyridine rings is 1. The lowest BCUT2D eigenvalue weighted by Gasteiger charge is -2.10. The first-order chi connectivity index (χ1) is 14.8. The molecular weight excluding hydrogens is 404 g/mol. The fraction of sp³-hybridized carbons (Fsp3) is 0.409. The minimum Gasteiger partial charge on any atom is -0.469 e. The second kappa shape index (κ2) is 10.3. The van der Waals surface area contributed by atoms with Gasteiger partial charge in [-0.15, -0.1) is 0 Å². The molecule has 7 nitrogen and oxygen atoms in total. The summed E-state index contributed by atoms with van der Waals surface area (Å²) >= 11 is 0. The standard InChI is InChI=1S/C22H27F2N5O2/c1-15(29-31-13-17-5-8-19(9-6-17)22(2,23)24)18-7-10-21(27-12-18)30-14-20(28-25)26-11-16-3-4-16/h5-10,12,16H,3-4,11,13-14,25H2,1-2H3,(H,26,28)/b29-15+. The molecule has 0 unspecified atom stereocenters. The van der Waals surface area contributed by atoms with Gasteiger partial charge in [0.2, 0.25) is 5.88 Å². The summed E-state index contributed by atoms with van der Waals surface area (Å²) in [6.07, 6.45) is 4.08. The van der Waals surface area contributed by atoms with Crippen LogP contribution in [-0.4, -0.2) is 29.7 Å². The molecule has 1 aliphatic rings. The topological polar surface area (TPSA) is 94.1 Å². The maximum atomic E-state index is 13.2. The number of halogens is 2. The Balaban J connectivity index is 1.48. The van der Waals surface area contributed by atoms with Crippen molar-refractivity contribution in [3.8, 4) is 5.88 Å². The molecular formula is C22H27F2N5O2. The highest BCUT2D eigenvalue weighted by Crippen LogP contribution is 2.29. The van der Waals surface area contributed by atoms with Crippen LogP contribution in [0.1, 0.15) is 43.4 Å². The van der Waals surface area contributed by atoms with Crippen LogP contribution in [0.3, 0.4) is 0 Å². The van der Waals surface area contributed by atoms with Gasteiger partial charge in [-0.1, -0.05) is 29.4 Å². The SMILES string of the molecule is C/C(=N\OCc1ccc(C(C)(F)F)cc1)c1ccc(OCC(=NCC2CC2)NN)nc1. The molecule has 0 amide bonds. The third kappa shape index (κ3) is 7.29. The highest BCUT2D eigenvalue weighted by molar-refractivity contribution is 5.98. The summed E-state index contributed by atoms with van der Waals surface area (Å²) in [5.74, 6) is 4.32. The van der Waals surface area contributed by atoms with Gasteiger partial charge >= 0.3 is 0 Å². The van der Waals surface area contributed by atoms with Gasteiger partial charge in [0.05, 0.1) is 5.71 Å². The molecule has 0 radical (unpaired) electrons. The van der Waals surface area contributed by atoms with Gasteiger partial charge in [-0.2, -0.15) is 0 Å². The van der Waals surface area contributed by atoms with E-state index in [9.17, 15) is 8.78 Å². The third-order valence-electron chi connectivity index (χ3n) is 4.81. The lowest BCUT2D eigenvalue weighted by molar-refractivity contribution is 0.0174. The summed E-state index contributed by atoms with van der Waals surface area (Å²) in [6, 6.07) is 9.53. The number of alkyl halides is 2. The van der Waals surface area contributed by atoms with Gasteiger partial charge in [-0.3, -0.25) is 4.99 Å². The number of aliphatic imine (C=N–C) groups is 1. The molecule has 1 heterocycles. The van der Waals surface area contributed by atoms with Crippen molar-refractivity contribution in [2.75, 3.05) is 13.2 Å². The Morgan fingerprint density at radius 3 is 2.55 bits per heavy atom. The van der Waals surface area contributed by atoms with E-state index in [1.165, 1.54) is 25.0 Å². The van der Waals surface area contributed by atoms with E-state index in [-0.39, 0.29) is 18.8 Å². The van der Waals surface area contributed by atoms with E-state index in [2.05, 4.69) is 20.6 Å². The second-order valence-electron chi connectivity index (χ2n) is 7.58. The molecule has 3 N–H and O–H groups in total. The zero-order valence-corrected chi connectivity index (χ0v) is 17.6. The number of oxime groups is 1. The number of hydrogen-bond acceptors (Lipinski definition) is 6.